The van der Waals surface area contributed by atoms with E-state index in [1.807, 2.05) is 13.8 Å². The summed E-state index contributed by atoms with van der Waals surface area (Å²) in [5.74, 6) is 2.33. The molecule has 0 unspecified atom stereocenters. The number of ether oxygens (including phenoxy) is 1. The number of rotatable bonds is 4. The van der Waals surface area contributed by atoms with Gasteiger partial charge >= 0.3 is 0 Å². The maximum atomic E-state index is 13.2. The van der Waals surface area contributed by atoms with Gasteiger partial charge in [0.1, 0.15) is 23.2 Å². The number of aryl methyl sites for hydroxylation is 1. The fraction of sp³-hybridized carbons (Fsp3) is 0.333. The molecule has 0 aliphatic carbocycles. The van der Waals surface area contributed by atoms with Crippen molar-refractivity contribution in [2.45, 2.75) is 26.7 Å². The maximum Gasteiger partial charge on any atom is 0.224 e. The lowest BCUT2D eigenvalue weighted by Gasteiger charge is -2.11. The summed E-state index contributed by atoms with van der Waals surface area (Å²) in [6.07, 6.45) is 0. The summed E-state index contributed by atoms with van der Waals surface area (Å²) in [4.78, 5) is 8.72. The summed E-state index contributed by atoms with van der Waals surface area (Å²) in [5.41, 5.74) is 0.537. The van der Waals surface area contributed by atoms with E-state index in [9.17, 15) is 4.39 Å². The largest absolute Gasteiger partial charge is 0.439 e. The van der Waals surface area contributed by atoms with E-state index in [0.29, 0.717) is 28.8 Å². The molecule has 4 nitrogen and oxygen atoms in total. The van der Waals surface area contributed by atoms with Gasteiger partial charge in [0.2, 0.25) is 5.88 Å². The van der Waals surface area contributed by atoms with Crippen molar-refractivity contribution in [3.8, 4) is 11.6 Å². The van der Waals surface area contributed by atoms with E-state index in [4.69, 9.17) is 4.74 Å². The minimum Gasteiger partial charge on any atom is -0.439 e. The Balaban J connectivity index is 2.32. The summed E-state index contributed by atoms with van der Waals surface area (Å²) in [6.45, 7) is 5.72. The summed E-state index contributed by atoms with van der Waals surface area (Å²) in [5, 5.41) is 2.98. The molecule has 0 aliphatic heterocycles. The highest BCUT2D eigenvalue weighted by Crippen LogP contribution is 2.25. The SMILES string of the molecule is CNc1cc(Oc2ccc(F)c(C)c2)nc(C(C)C)n1. The first-order valence-electron chi connectivity index (χ1n) is 6.50. The Hall–Kier alpha value is -2.17. The Bertz CT molecular complexity index is 614. The predicted molar refractivity (Wildman–Crippen MR) is 76.9 cm³/mol. The minimum absolute atomic E-state index is 0.195. The first-order valence-corrected chi connectivity index (χ1v) is 6.50. The average molecular weight is 275 g/mol. The van der Waals surface area contributed by atoms with Crippen LogP contribution in [0.3, 0.4) is 0 Å². The monoisotopic (exact) mass is 275 g/mol. The number of nitrogens with zero attached hydrogens (tertiary/aromatic N) is 2. The third-order valence-corrected chi connectivity index (χ3v) is 2.84. The molecular formula is C15H18FN3O. The fourth-order valence-corrected chi connectivity index (χ4v) is 1.68. The second-order valence-corrected chi connectivity index (χ2v) is 4.87. The molecule has 2 rings (SSSR count). The minimum atomic E-state index is -0.251. The van der Waals surface area contributed by atoms with Crippen molar-refractivity contribution in [1.82, 2.24) is 9.97 Å². The summed E-state index contributed by atoms with van der Waals surface area (Å²) >= 11 is 0. The molecule has 20 heavy (non-hydrogen) atoms. The van der Waals surface area contributed by atoms with Crippen LogP contribution in [0.25, 0.3) is 0 Å². The van der Waals surface area contributed by atoms with Crippen LogP contribution in [-0.4, -0.2) is 17.0 Å². The highest BCUT2D eigenvalue weighted by atomic mass is 19.1. The number of aromatic nitrogens is 2. The van der Waals surface area contributed by atoms with Crippen LogP contribution < -0.4 is 10.1 Å². The molecule has 0 saturated carbocycles. The molecular weight excluding hydrogens is 257 g/mol. The maximum absolute atomic E-state index is 13.2. The van der Waals surface area contributed by atoms with Gasteiger partial charge in [-0.2, -0.15) is 4.98 Å². The molecule has 0 spiro atoms. The summed E-state index contributed by atoms with van der Waals surface area (Å²) < 4.78 is 18.9. The lowest BCUT2D eigenvalue weighted by Crippen LogP contribution is -2.03. The smallest absolute Gasteiger partial charge is 0.224 e. The first kappa shape index (κ1) is 14.2. The Labute approximate surface area is 118 Å². The quantitative estimate of drug-likeness (QED) is 0.919. The van der Waals surface area contributed by atoms with Crippen LogP contribution in [0.15, 0.2) is 24.3 Å². The Morgan fingerprint density at radius 2 is 1.95 bits per heavy atom. The van der Waals surface area contributed by atoms with Crippen LogP contribution >= 0.6 is 0 Å². The van der Waals surface area contributed by atoms with Crippen molar-refractivity contribution in [3.63, 3.8) is 0 Å². The fourth-order valence-electron chi connectivity index (χ4n) is 1.68. The van der Waals surface area contributed by atoms with Crippen molar-refractivity contribution >= 4 is 5.82 Å². The van der Waals surface area contributed by atoms with Crippen molar-refractivity contribution in [2.24, 2.45) is 0 Å². The highest BCUT2D eigenvalue weighted by Gasteiger charge is 2.09. The third kappa shape index (κ3) is 3.23. The Morgan fingerprint density at radius 1 is 1.20 bits per heavy atom. The zero-order valence-electron chi connectivity index (χ0n) is 12.1. The first-order chi connectivity index (χ1) is 9.49. The van der Waals surface area contributed by atoms with E-state index in [-0.39, 0.29) is 11.7 Å². The standard InChI is InChI=1S/C15H18FN3O/c1-9(2)15-18-13(17-4)8-14(19-15)20-11-5-6-12(16)10(3)7-11/h5-9H,1-4H3,(H,17,18,19). The van der Waals surface area contributed by atoms with Gasteiger partial charge in [0, 0.05) is 19.0 Å². The van der Waals surface area contributed by atoms with E-state index in [1.54, 1.807) is 32.2 Å². The van der Waals surface area contributed by atoms with Crippen LogP contribution in [0.5, 0.6) is 11.6 Å². The summed E-state index contributed by atoms with van der Waals surface area (Å²) in [7, 11) is 1.79. The second-order valence-electron chi connectivity index (χ2n) is 4.87. The molecule has 106 valence electrons. The number of benzene rings is 1. The highest BCUT2D eigenvalue weighted by molar-refractivity contribution is 5.40. The average Bonchev–Trinajstić information content (AvgIpc) is 2.42. The number of hydrogen-bond donors (Lipinski definition) is 1. The molecule has 0 radical (unpaired) electrons. The van der Waals surface area contributed by atoms with Crippen LogP contribution in [0.1, 0.15) is 31.2 Å². The second kappa shape index (κ2) is 5.86. The lowest BCUT2D eigenvalue weighted by molar-refractivity contribution is 0.455. The third-order valence-electron chi connectivity index (χ3n) is 2.84. The van der Waals surface area contributed by atoms with Crippen molar-refractivity contribution < 1.29 is 9.13 Å². The molecule has 0 aliphatic rings. The summed E-state index contributed by atoms with van der Waals surface area (Å²) in [6, 6.07) is 6.32. The van der Waals surface area contributed by atoms with Crippen molar-refractivity contribution in [1.29, 1.82) is 0 Å². The van der Waals surface area contributed by atoms with Gasteiger partial charge in [0.05, 0.1) is 0 Å². The normalized spacial score (nSPS) is 10.7. The van der Waals surface area contributed by atoms with Gasteiger partial charge in [-0.15, -0.1) is 0 Å². The van der Waals surface area contributed by atoms with Gasteiger partial charge in [-0.1, -0.05) is 13.8 Å². The molecule has 2 aromatic rings. The number of halogens is 1. The van der Waals surface area contributed by atoms with Crippen LogP contribution in [-0.2, 0) is 0 Å². The van der Waals surface area contributed by atoms with Crippen LogP contribution in [0.4, 0.5) is 10.2 Å². The molecule has 1 aromatic carbocycles. The van der Waals surface area contributed by atoms with Crippen LogP contribution in [0.2, 0.25) is 0 Å². The van der Waals surface area contributed by atoms with Gasteiger partial charge < -0.3 is 10.1 Å². The molecule has 0 atom stereocenters. The molecule has 0 fully saturated rings. The molecule has 1 aromatic heterocycles. The van der Waals surface area contributed by atoms with Crippen molar-refractivity contribution in [2.75, 3.05) is 12.4 Å². The van der Waals surface area contributed by atoms with E-state index < -0.39 is 0 Å². The zero-order valence-corrected chi connectivity index (χ0v) is 12.1. The topological polar surface area (TPSA) is 47.0 Å². The van der Waals surface area contributed by atoms with E-state index in [1.165, 1.54) is 6.07 Å². The molecule has 0 bridgehead atoms. The molecule has 5 heteroatoms. The Kier molecular flexibility index (Phi) is 4.17. The zero-order chi connectivity index (χ0) is 14.7. The van der Waals surface area contributed by atoms with Gasteiger partial charge in [0.15, 0.2) is 0 Å². The predicted octanol–water partition coefficient (Wildman–Crippen LogP) is 3.88. The van der Waals surface area contributed by atoms with Crippen molar-refractivity contribution in [3.05, 3.63) is 41.5 Å². The van der Waals surface area contributed by atoms with Gasteiger partial charge in [0.25, 0.3) is 0 Å². The van der Waals surface area contributed by atoms with Gasteiger partial charge in [-0.25, -0.2) is 9.37 Å². The van der Waals surface area contributed by atoms with Gasteiger partial charge in [-0.3, -0.25) is 0 Å². The Morgan fingerprint density at radius 3 is 2.55 bits per heavy atom. The number of nitrogens with one attached hydrogen (secondary N) is 1. The van der Waals surface area contributed by atoms with Crippen LogP contribution in [0, 0.1) is 12.7 Å². The molecule has 0 saturated heterocycles. The van der Waals surface area contributed by atoms with E-state index in [2.05, 4.69) is 15.3 Å². The molecule has 1 heterocycles. The number of hydrogen-bond acceptors (Lipinski definition) is 4. The molecule has 0 amide bonds. The molecule has 1 N–H and O–H groups in total. The number of anilines is 1. The van der Waals surface area contributed by atoms with E-state index >= 15 is 0 Å². The van der Waals surface area contributed by atoms with E-state index in [0.717, 1.165) is 0 Å². The van der Waals surface area contributed by atoms with Gasteiger partial charge in [-0.05, 0) is 30.7 Å². The lowest BCUT2D eigenvalue weighted by atomic mass is 10.2.